The number of benzene rings is 2. The van der Waals surface area contributed by atoms with E-state index in [-0.39, 0.29) is 10.8 Å². The van der Waals surface area contributed by atoms with Crippen LogP contribution in [0.4, 0.5) is 0 Å². The smallest absolute Gasteiger partial charge is 0.327 e. The number of carbonyl (C=O) groups is 2. The maximum atomic E-state index is 13.1. The van der Waals surface area contributed by atoms with Gasteiger partial charge in [-0.05, 0) is 58.4 Å². The van der Waals surface area contributed by atoms with Gasteiger partial charge in [-0.25, -0.2) is 8.42 Å². The van der Waals surface area contributed by atoms with Crippen molar-refractivity contribution in [1.29, 1.82) is 0 Å². The van der Waals surface area contributed by atoms with Crippen LogP contribution in [0.5, 0.6) is 0 Å². The van der Waals surface area contributed by atoms with Gasteiger partial charge in [-0.1, -0.05) is 42.5 Å². The lowest BCUT2D eigenvalue weighted by atomic mass is 10.1. The highest BCUT2D eigenvalue weighted by Crippen LogP contribution is 2.28. The molecule has 1 heterocycles. The monoisotopic (exact) mass is 497 g/mol. The fraction of sp³-hybridized carbons (Fsp3) is 0.346. The average Bonchev–Trinajstić information content (AvgIpc) is 3.21. The largest absolute Gasteiger partial charge is 0.462 e. The first-order valence-electron chi connectivity index (χ1n) is 11.3. The van der Waals surface area contributed by atoms with E-state index in [1.165, 1.54) is 30.7 Å². The first kappa shape index (κ1) is 26.2. The van der Waals surface area contributed by atoms with Crippen molar-refractivity contribution in [3.63, 3.8) is 0 Å². The molecule has 3 rings (SSSR count). The van der Waals surface area contributed by atoms with Gasteiger partial charge in [0.1, 0.15) is 5.69 Å². The lowest BCUT2D eigenvalue weighted by Crippen LogP contribution is -2.42. The van der Waals surface area contributed by atoms with Gasteiger partial charge in [-0.2, -0.15) is 5.10 Å². The van der Waals surface area contributed by atoms with Gasteiger partial charge in [0.15, 0.2) is 14.6 Å². The van der Waals surface area contributed by atoms with Crippen LogP contribution < -0.4 is 5.32 Å². The number of aryl methyl sites for hydroxylation is 1. The number of nitrogens with zero attached hydrogens (tertiary/aromatic N) is 2. The Morgan fingerprint density at radius 1 is 1.00 bits per heavy atom. The van der Waals surface area contributed by atoms with Crippen molar-refractivity contribution in [2.24, 2.45) is 7.05 Å². The first-order chi connectivity index (χ1) is 16.3. The van der Waals surface area contributed by atoms with Crippen LogP contribution in [-0.4, -0.2) is 40.9 Å². The second kappa shape index (κ2) is 10.0. The summed E-state index contributed by atoms with van der Waals surface area (Å²) in [6.45, 7) is 7.81. The predicted molar refractivity (Wildman–Crippen MR) is 133 cm³/mol. The Morgan fingerprint density at radius 2 is 1.60 bits per heavy atom. The van der Waals surface area contributed by atoms with Crippen LogP contribution in [0.3, 0.4) is 0 Å². The van der Waals surface area contributed by atoms with Crippen LogP contribution in [0, 0.1) is 0 Å². The topological polar surface area (TPSA) is 107 Å². The number of hydrogen-bond donors (Lipinski definition) is 1. The Kier molecular flexibility index (Phi) is 7.50. The minimum Gasteiger partial charge on any atom is -0.462 e. The molecule has 9 heteroatoms. The molecule has 0 saturated carbocycles. The Hall–Kier alpha value is -3.46. The van der Waals surface area contributed by atoms with E-state index < -0.39 is 32.7 Å². The molecule has 1 amide bonds. The van der Waals surface area contributed by atoms with Crippen molar-refractivity contribution >= 4 is 21.7 Å². The highest BCUT2D eigenvalue weighted by atomic mass is 32.2. The Bertz CT molecular complexity index is 1310. The van der Waals surface area contributed by atoms with E-state index >= 15 is 0 Å². The van der Waals surface area contributed by atoms with E-state index in [2.05, 4.69) is 10.4 Å². The standard InChI is InChI=1S/C26H31N3O5S/c1-17(2)34-25(31)26(4,5)35(32,33)21-14-12-19(13-15-21)18(3)27-24(30)23-16-22(28-29(23)6)20-10-8-7-9-11-20/h7-18H,1-6H3,(H,27,30)/t18-/m1/s1. The summed E-state index contributed by atoms with van der Waals surface area (Å²) in [4.78, 5) is 25.3. The number of esters is 1. The van der Waals surface area contributed by atoms with Crippen molar-refractivity contribution in [3.05, 3.63) is 71.9 Å². The molecule has 0 bridgehead atoms. The van der Waals surface area contributed by atoms with Crippen molar-refractivity contribution in [1.82, 2.24) is 15.1 Å². The third-order valence-corrected chi connectivity index (χ3v) is 8.13. The normalized spacial score (nSPS) is 12.9. The Morgan fingerprint density at radius 3 is 2.17 bits per heavy atom. The maximum Gasteiger partial charge on any atom is 0.327 e. The summed E-state index contributed by atoms with van der Waals surface area (Å²) >= 11 is 0. The average molecular weight is 498 g/mol. The number of amides is 1. The fourth-order valence-electron chi connectivity index (χ4n) is 3.48. The molecule has 1 atom stereocenters. The SMILES string of the molecule is CC(C)OC(=O)C(C)(C)S(=O)(=O)c1ccc([C@@H](C)NC(=O)c2cc(-c3ccccc3)nn2C)cc1. The van der Waals surface area contributed by atoms with Gasteiger partial charge in [-0.3, -0.25) is 14.3 Å². The maximum absolute atomic E-state index is 13.1. The van der Waals surface area contributed by atoms with Gasteiger partial charge >= 0.3 is 5.97 Å². The summed E-state index contributed by atoms with van der Waals surface area (Å²) in [5.74, 6) is -1.10. The van der Waals surface area contributed by atoms with Crippen LogP contribution in [0.25, 0.3) is 11.3 Å². The van der Waals surface area contributed by atoms with E-state index in [1.54, 1.807) is 46.0 Å². The third-order valence-electron chi connectivity index (χ3n) is 5.73. The number of sulfone groups is 1. The van der Waals surface area contributed by atoms with Crippen LogP contribution in [0.1, 0.15) is 56.7 Å². The zero-order chi connectivity index (χ0) is 26.0. The van der Waals surface area contributed by atoms with Gasteiger partial charge in [0.05, 0.1) is 22.7 Å². The van der Waals surface area contributed by atoms with Gasteiger partial charge in [0.25, 0.3) is 5.91 Å². The zero-order valence-electron chi connectivity index (χ0n) is 20.8. The predicted octanol–water partition coefficient (Wildman–Crippen LogP) is 4.08. The summed E-state index contributed by atoms with van der Waals surface area (Å²) in [5.41, 5.74) is 2.72. The van der Waals surface area contributed by atoms with Crippen molar-refractivity contribution < 1.29 is 22.7 Å². The molecular formula is C26H31N3O5S. The molecule has 2 aromatic carbocycles. The summed E-state index contributed by atoms with van der Waals surface area (Å²) < 4.78 is 31.1. The molecule has 1 N–H and O–H groups in total. The van der Waals surface area contributed by atoms with Crippen LogP contribution in [-0.2, 0) is 26.4 Å². The van der Waals surface area contributed by atoms with Gasteiger partial charge in [0, 0.05) is 12.6 Å². The van der Waals surface area contributed by atoms with Gasteiger partial charge < -0.3 is 10.1 Å². The summed E-state index contributed by atoms with van der Waals surface area (Å²) in [6.07, 6.45) is -0.424. The fourth-order valence-corrected chi connectivity index (χ4v) is 4.83. The molecule has 3 aromatic rings. The minimum absolute atomic E-state index is 0.00428. The quantitative estimate of drug-likeness (QED) is 0.470. The molecule has 186 valence electrons. The lowest BCUT2D eigenvalue weighted by Gasteiger charge is -2.24. The molecule has 0 radical (unpaired) electrons. The highest BCUT2D eigenvalue weighted by Gasteiger charge is 2.44. The molecule has 0 saturated heterocycles. The third kappa shape index (κ3) is 5.45. The van der Waals surface area contributed by atoms with E-state index in [1.807, 2.05) is 30.3 Å². The molecule has 1 aromatic heterocycles. The van der Waals surface area contributed by atoms with E-state index in [9.17, 15) is 18.0 Å². The number of carbonyl (C=O) groups excluding carboxylic acids is 2. The molecule has 0 aliphatic heterocycles. The molecule has 35 heavy (non-hydrogen) atoms. The summed E-state index contributed by atoms with van der Waals surface area (Å²) in [7, 11) is -2.29. The number of aromatic nitrogens is 2. The number of ether oxygens (including phenoxy) is 1. The second-order valence-electron chi connectivity index (χ2n) is 9.14. The van der Waals surface area contributed by atoms with Gasteiger partial charge in [-0.15, -0.1) is 0 Å². The van der Waals surface area contributed by atoms with Gasteiger partial charge in [0.2, 0.25) is 0 Å². The van der Waals surface area contributed by atoms with Crippen molar-refractivity contribution in [2.45, 2.75) is 56.4 Å². The van der Waals surface area contributed by atoms with E-state index in [0.29, 0.717) is 17.0 Å². The number of nitrogens with one attached hydrogen (secondary N) is 1. The zero-order valence-corrected chi connectivity index (χ0v) is 21.6. The summed E-state index contributed by atoms with van der Waals surface area (Å²) in [5, 5.41) is 7.35. The van der Waals surface area contributed by atoms with E-state index in [4.69, 9.17) is 4.74 Å². The lowest BCUT2D eigenvalue weighted by molar-refractivity contribution is -0.149. The molecule has 0 fully saturated rings. The Balaban J connectivity index is 1.75. The molecule has 0 spiro atoms. The first-order valence-corrected chi connectivity index (χ1v) is 12.8. The molecule has 0 unspecified atom stereocenters. The van der Waals surface area contributed by atoms with Crippen LogP contribution in [0.15, 0.2) is 65.6 Å². The minimum atomic E-state index is -3.99. The summed E-state index contributed by atoms with van der Waals surface area (Å²) in [6, 6.07) is 17.0. The van der Waals surface area contributed by atoms with E-state index in [0.717, 1.165) is 5.56 Å². The highest BCUT2D eigenvalue weighted by molar-refractivity contribution is 7.93. The molecular weight excluding hydrogens is 466 g/mol. The Labute approximate surface area is 206 Å². The van der Waals surface area contributed by atoms with Crippen molar-refractivity contribution in [3.8, 4) is 11.3 Å². The van der Waals surface area contributed by atoms with Crippen molar-refractivity contribution in [2.75, 3.05) is 0 Å². The number of hydrogen-bond acceptors (Lipinski definition) is 6. The molecule has 8 nitrogen and oxygen atoms in total. The molecule has 0 aliphatic carbocycles. The van der Waals surface area contributed by atoms with Crippen LogP contribution >= 0.6 is 0 Å². The number of rotatable bonds is 8. The van der Waals surface area contributed by atoms with Crippen LogP contribution in [0.2, 0.25) is 0 Å². The molecule has 0 aliphatic rings. The second-order valence-corrected chi connectivity index (χ2v) is 11.6.